The van der Waals surface area contributed by atoms with Gasteiger partial charge in [-0.15, -0.1) is 0 Å². The molecule has 0 radical (unpaired) electrons. The molecular formula is C7H11NO5. The van der Waals surface area contributed by atoms with E-state index in [9.17, 15) is 9.59 Å². The normalized spacial score (nSPS) is 10.2. The molecule has 0 spiro atoms. The first-order chi connectivity index (χ1) is 6.16. The highest BCUT2D eigenvalue weighted by Gasteiger charge is 1.95. The molecule has 6 nitrogen and oxygen atoms in total. The van der Waals surface area contributed by atoms with Gasteiger partial charge in [0.05, 0.1) is 13.2 Å². The maximum absolute atomic E-state index is 10.7. The van der Waals surface area contributed by atoms with Crippen molar-refractivity contribution in [2.45, 2.75) is 0 Å². The second-order valence-corrected chi connectivity index (χ2v) is 1.98. The second kappa shape index (κ2) is 7.26. The Bertz CT molecular complexity index is 201. The van der Waals surface area contributed by atoms with Gasteiger partial charge in [-0.2, -0.15) is 0 Å². The number of methoxy groups -OCH3 is 1. The molecule has 0 aromatic rings. The Balaban J connectivity index is 3.46. The number of nitrogens with one attached hydrogen (secondary N) is 1. The van der Waals surface area contributed by atoms with Crippen LogP contribution in [0, 0.1) is 0 Å². The Morgan fingerprint density at radius 1 is 1.38 bits per heavy atom. The van der Waals surface area contributed by atoms with E-state index in [1.165, 1.54) is 7.11 Å². The average molecular weight is 189 g/mol. The lowest BCUT2D eigenvalue weighted by Crippen LogP contribution is -2.23. The van der Waals surface area contributed by atoms with Crippen molar-refractivity contribution in [2.75, 3.05) is 20.3 Å². The number of carboxylic acid groups (broad SMARTS) is 1. The van der Waals surface area contributed by atoms with Gasteiger partial charge >= 0.3 is 5.97 Å². The topological polar surface area (TPSA) is 84.9 Å². The van der Waals surface area contributed by atoms with Gasteiger partial charge in [-0.1, -0.05) is 0 Å². The molecule has 0 fully saturated rings. The molecule has 0 aromatic heterocycles. The molecule has 74 valence electrons. The number of carbonyl (C=O) groups excluding carboxylic acids is 1. The van der Waals surface area contributed by atoms with Crippen molar-refractivity contribution in [3.63, 3.8) is 0 Å². The molecule has 0 bridgehead atoms. The third-order valence-corrected chi connectivity index (χ3v) is 0.940. The van der Waals surface area contributed by atoms with Crippen LogP contribution in [0.5, 0.6) is 0 Å². The van der Waals surface area contributed by atoms with E-state index >= 15 is 0 Å². The molecule has 0 rings (SSSR count). The van der Waals surface area contributed by atoms with Crippen molar-refractivity contribution in [2.24, 2.45) is 0 Å². The van der Waals surface area contributed by atoms with Gasteiger partial charge in [0.2, 0.25) is 0 Å². The van der Waals surface area contributed by atoms with Gasteiger partial charge in [-0.25, -0.2) is 10.3 Å². The number of hydrogen-bond acceptors (Lipinski definition) is 4. The van der Waals surface area contributed by atoms with Gasteiger partial charge in [0.1, 0.15) is 0 Å². The lowest BCUT2D eigenvalue weighted by atomic mass is 10.5. The minimum Gasteiger partial charge on any atom is -0.478 e. The first-order valence-electron chi connectivity index (χ1n) is 3.48. The minimum absolute atomic E-state index is 0.211. The molecule has 1 amide bonds. The van der Waals surface area contributed by atoms with Crippen molar-refractivity contribution in [1.29, 1.82) is 0 Å². The summed E-state index contributed by atoms with van der Waals surface area (Å²) in [7, 11) is 1.50. The zero-order valence-electron chi connectivity index (χ0n) is 7.15. The summed E-state index contributed by atoms with van der Waals surface area (Å²) in [4.78, 5) is 25.2. The van der Waals surface area contributed by atoms with Crippen LogP contribution in [-0.4, -0.2) is 37.3 Å². The monoisotopic (exact) mass is 189 g/mol. The van der Waals surface area contributed by atoms with Gasteiger partial charge in [-0.05, 0) is 0 Å². The number of carboxylic acids is 1. The smallest absolute Gasteiger partial charge is 0.328 e. The van der Waals surface area contributed by atoms with Crippen LogP contribution in [0.2, 0.25) is 0 Å². The van der Waals surface area contributed by atoms with E-state index < -0.39 is 11.9 Å². The third-order valence-electron chi connectivity index (χ3n) is 0.940. The Hall–Kier alpha value is -1.40. The molecule has 0 aliphatic heterocycles. The number of hydrogen-bond donors (Lipinski definition) is 2. The van der Waals surface area contributed by atoms with Crippen LogP contribution in [0.1, 0.15) is 0 Å². The van der Waals surface area contributed by atoms with E-state index in [4.69, 9.17) is 5.11 Å². The molecule has 0 aliphatic carbocycles. The fraction of sp³-hybridized carbons (Fsp3) is 0.429. The van der Waals surface area contributed by atoms with Crippen LogP contribution >= 0.6 is 0 Å². The summed E-state index contributed by atoms with van der Waals surface area (Å²) < 4.78 is 4.63. The number of carbonyl (C=O) groups is 2. The summed E-state index contributed by atoms with van der Waals surface area (Å²) in [6, 6.07) is 0. The molecule has 0 saturated carbocycles. The molecule has 0 aliphatic rings. The second-order valence-electron chi connectivity index (χ2n) is 1.98. The van der Waals surface area contributed by atoms with Gasteiger partial charge in [0.25, 0.3) is 5.91 Å². The first-order valence-corrected chi connectivity index (χ1v) is 3.48. The first kappa shape index (κ1) is 11.6. The summed E-state index contributed by atoms with van der Waals surface area (Å²) in [6.45, 7) is 0.562. The van der Waals surface area contributed by atoms with Crippen molar-refractivity contribution in [3.05, 3.63) is 12.2 Å². The predicted octanol–water partition coefficient (Wildman–Crippen LogP) is -0.679. The van der Waals surface area contributed by atoms with E-state index in [1.807, 2.05) is 5.48 Å². The fourth-order valence-corrected chi connectivity index (χ4v) is 0.428. The molecule has 6 heteroatoms. The van der Waals surface area contributed by atoms with Crippen LogP contribution in [0.4, 0.5) is 0 Å². The van der Waals surface area contributed by atoms with Crippen molar-refractivity contribution < 1.29 is 24.3 Å². The molecule has 0 unspecified atom stereocenters. The molecule has 0 saturated heterocycles. The predicted molar refractivity (Wildman–Crippen MR) is 42.7 cm³/mol. The zero-order chi connectivity index (χ0) is 10.1. The standard InChI is InChI=1S/C7H11NO5/c1-12-4-5-13-8-6(9)2-3-7(10)11/h2-3H,4-5H2,1H3,(H,8,9)(H,10,11)/b3-2+. The summed E-state index contributed by atoms with van der Waals surface area (Å²) in [5, 5.41) is 8.14. The number of ether oxygens (including phenoxy) is 1. The van der Waals surface area contributed by atoms with Crippen molar-refractivity contribution in [1.82, 2.24) is 5.48 Å². The SMILES string of the molecule is COCCONC(=O)/C=C/C(=O)O. The maximum Gasteiger partial charge on any atom is 0.328 e. The van der Waals surface area contributed by atoms with Crippen molar-refractivity contribution in [3.8, 4) is 0 Å². The van der Waals surface area contributed by atoms with Gasteiger partial charge in [0, 0.05) is 19.3 Å². The number of aliphatic carboxylic acids is 1. The minimum atomic E-state index is -1.19. The van der Waals surface area contributed by atoms with Crippen LogP contribution in [0.15, 0.2) is 12.2 Å². The Morgan fingerprint density at radius 2 is 2.08 bits per heavy atom. The number of hydroxylamine groups is 1. The Morgan fingerprint density at radius 3 is 2.62 bits per heavy atom. The highest BCUT2D eigenvalue weighted by molar-refractivity contribution is 5.93. The fourth-order valence-electron chi connectivity index (χ4n) is 0.428. The summed E-state index contributed by atoms with van der Waals surface area (Å²) in [6.07, 6.45) is 1.57. The summed E-state index contributed by atoms with van der Waals surface area (Å²) in [5.74, 6) is -1.81. The van der Waals surface area contributed by atoms with E-state index in [1.54, 1.807) is 0 Å². The highest BCUT2D eigenvalue weighted by atomic mass is 16.7. The molecule has 0 atom stereocenters. The quantitative estimate of drug-likeness (QED) is 0.328. The van der Waals surface area contributed by atoms with Gasteiger partial charge < -0.3 is 9.84 Å². The molecule has 0 aromatic carbocycles. The molecular weight excluding hydrogens is 178 g/mol. The van der Waals surface area contributed by atoms with E-state index in [0.717, 1.165) is 12.2 Å². The largest absolute Gasteiger partial charge is 0.478 e. The number of rotatable bonds is 6. The van der Waals surface area contributed by atoms with Crippen molar-refractivity contribution >= 4 is 11.9 Å². The third kappa shape index (κ3) is 8.51. The lowest BCUT2D eigenvalue weighted by molar-refractivity contribution is -0.133. The van der Waals surface area contributed by atoms with Crippen LogP contribution in [0.25, 0.3) is 0 Å². The summed E-state index contributed by atoms with van der Waals surface area (Å²) >= 11 is 0. The van der Waals surface area contributed by atoms with E-state index in [0.29, 0.717) is 6.61 Å². The Kier molecular flexibility index (Phi) is 6.48. The molecule has 0 heterocycles. The molecule has 13 heavy (non-hydrogen) atoms. The maximum atomic E-state index is 10.7. The van der Waals surface area contributed by atoms with Crippen LogP contribution < -0.4 is 5.48 Å². The molecule has 2 N–H and O–H groups in total. The van der Waals surface area contributed by atoms with E-state index in [-0.39, 0.29) is 6.61 Å². The van der Waals surface area contributed by atoms with Gasteiger partial charge in [-0.3, -0.25) is 9.63 Å². The zero-order valence-corrected chi connectivity index (χ0v) is 7.15. The Labute approximate surface area is 75.1 Å². The van der Waals surface area contributed by atoms with E-state index in [2.05, 4.69) is 9.57 Å². The lowest BCUT2D eigenvalue weighted by Gasteiger charge is -2.01. The highest BCUT2D eigenvalue weighted by Crippen LogP contribution is 1.76. The van der Waals surface area contributed by atoms with Crippen LogP contribution in [0.3, 0.4) is 0 Å². The average Bonchev–Trinajstić information content (AvgIpc) is 2.09. The van der Waals surface area contributed by atoms with Gasteiger partial charge in [0.15, 0.2) is 0 Å². The summed E-state index contributed by atoms with van der Waals surface area (Å²) in [5.41, 5.74) is 2.00. The van der Waals surface area contributed by atoms with Crippen LogP contribution in [-0.2, 0) is 19.2 Å². The number of amides is 1.